The van der Waals surface area contributed by atoms with E-state index in [1.807, 2.05) is 18.2 Å². The Bertz CT molecular complexity index is 1360. The third kappa shape index (κ3) is 5.03. The topological polar surface area (TPSA) is 79.7 Å². The van der Waals surface area contributed by atoms with E-state index in [1.54, 1.807) is 16.8 Å². The van der Waals surface area contributed by atoms with E-state index in [2.05, 4.69) is 45.3 Å². The Morgan fingerprint density at radius 1 is 1.14 bits per heavy atom. The number of benzene rings is 2. The normalized spacial score (nSPS) is 15.3. The van der Waals surface area contributed by atoms with Crippen LogP contribution >= 0.6 is 0 Å². The predicted molar refractivity (Wildman–Crippen MR) is 133 cm³/mol. The molecule has 1 saturated carbocycles. The molecular weight excluding hydrogens is 443 g/mol. The Morgan fingerprint density at radius 2 is 1.91 bits per heavy atom. The highest BCUT2D eigenvalue weighted by atomic mass is 19.1. The lowest BCUT2D eigenvalue weighted by molar-refractivity contribution is 0.112. The van der Waals surface area contributed by atoms with E-state index in [4.69, 9.17) is 0 Å². The summed E-state index contributed by atoms with van der Waals surface area (Å²) < 4.78 is 15.2. The molecule has 1 atom stereocenters. The summed E-state index contributed by atoms with van der Waals surface area (Å²) in [5.74, 6) is 0.511. The van der Waals surface area contributed by atoms with Crippen molar-refractivity contribution in [3.8, 4) is 0 Å². The third-order valence-corrected chi connectivity index (χ3v) is 7.11. The minimum Gasteiger partial charge on any atom is -0.322 e. The first-order valence-electron chi connectivity index (χ1n) is 12.4. The monoisotopic (exact) mass is 474 g/mol. The minimum atomic E-state index is -0.264. The van der Waals surface area contributed by atoms with Crippen molar-refractivity contribution < 1.29 is 4.39 Å². The molecule has 0 radical (unpaired) electrons. The van der Waals surface area contributed by atoms with E-state index >= 15 is 0 Å². The van der Waals surface area contributed by atoms with Gasteiger partial charge in [-0.3, -0.25) is 9.69 Å². The maximum atomic E-state index is 13.4. The molecule has 1 N–H and O–H groups in total. The molecule has 0 spiro atoms. The number of halogens is 1. The van der Waals surface area contributed by atoms with Crippen LogP contribution in [-0.2, 0) is 13.1 Å². The highest BCUT2D eigenvalue weighted by molar-refractivity contribution is 5.79. The van der Waals surface area contributed by atoms with Gasteiger partial charge < -0.3 is 4.98 Å². The summed E-state index contributed by atoms with van der Waals surface area (Å²) >= 11 is 0. The number of rotatable bonds is 8. The lowest BCUT2D eigenvalue weighted by Crippen LogP contribution is -2.39. The molecule has 0 aliphatic heterocycles. The van der Waals surface area contributed by atoms with Gasteiger partial charge in [-0.1, -0.05) is 43.5 Å². The van der Waals surface area contributed by atoms with Gasteiger partial charge in [-0.15, -0.1) is 5.10 Å². The number of hydrogen-bond acceptors (Lipinski definition) is 5. The molecule has 0 saturated heterocycles. The summed E-state index contributed by atoms with van der Waals surface area (Å²) in [6, 6.07) is 14.8. The average Bonchev–Trinajstić information content (AvgIpc) is 3.54. The van der Waals surface area contributed by atoms with E-state index < -0.39 is 0 Å². The van der Waals surface area contributed by atoms with E-state index in [9.17, 15) is 9.18 Å². The van der Waals surface area contributed by atoms with Crippen LogP contribution in [0.2, 0.25) is 0 Å². The highest BCUT2D eigenvalue weighted by Crippen LogP contribution is 2.33. The highest BCUT2D eigenvalue weighted by Gasteiger charge is 2.32. The second-order valence-electron chi connectivity index (χ2n) is 9.57. The molecule has 8 heteroatoms. The predicted octanol–water partition coefficient (Wildman–Crippen LogP) is 4.91. The summed E-state index contributed by atoms with van der Waals surface area (Å²) in [5.41, 5.74) is 3.65. The van der Waals surface area contributed by atoms with Crippen molar-refractivity contribution in [3.63, 3.8) is 0 Å². The number of H-pyrrole nitrogens is 1. The fourth-order valence-corrected chi connectivity index (χ4v) is 5.31. The lowest BCUT2D eigenvalue weighted by Gasteiger charge is -2.35. The van der Waals surface area contributed by atoms with Crippen LogP contribution in [0.15, 0.2) is 53.3 Å². The Labute approximate surface area is 204 Å². The second kappa shape index (κ2) is 10.1. The van der Waals surface area contributed by atoms with Crippen LogP contribution < -0.4 is 5.56 Å². The molecule has 0 unspecified atom stereocenters. The molecule has 2 aromatic carbocycles. The smallest absolute Gasteiger partial charge is 0.252 e. The molecule has 0 bridgehead atoms. The van der Waals surface area contributed by atoms with Crippen molar-refractivity contribution in [2.24, 2.45) is 0 Å². The Hall–Kier alpha value is -3.39. The number of aryl methyl sites for hydroxylation is 1. The van der Waals surface area contributed by atoms with Gasteiger partial charge in [-0.2, -0.15) is 0 Å². The van der Waals surface area contributed by atoms with Gasteiger partial charge in [0.1, 0.15) is 5.82 Å². The molecule has 2 heterocycles. The first kappa shape index (κ1) is 23.4. The van der Waals surface area contributed by atoms with E-state index in [0.29, 0.717) is 19.1 Å². The summed E-state index contributed by atoms with van der Waals surface area (Å²) in [5, 5.41) is 13.7. The van der Waals surface area contributed by atoms with Crippen LogP contribution in [0.4, 0.5) is 4.39 Å². The third-order valence-electron chi connectivity index (χ3n) is 7.11. The number of fused-ring (bicyclic) bond motifs is 1. The Kier molecular flexibility index (Phi) is 6.72. The zero-order valence-electron chi connectivity index (χ0n) is 20.2. The van der Waals surface area contributed by atoms with Crippen LogP contribution in [0.25, 0.3) is 10.9 Å². The standard InChI is InChI=1S/C27H31FN6O/c1-3-25(26-30-31-32-34(26)16-19-9-11-22(28)12-10-19)33(23-6-4-5-7-23)17-21-15-20-14-18(2)8-13-24(20)29-27(21)35/h8-15,23,25H,3-7,16-17H2,1-2H3,(H,29,35)/t25-/m0/s1. The lowest BCUT2D eigenvalue weighted by atomic mass is 10.0. The summed E-state index contributed by atoms with van der Waals surface area (Å²) in [6.45, 7) is 5.19. The Morgan fingerprint density at radius 3 is 2.66 bits per heavy atom. The van der Waals surface area contributed by atoms with Crippen LogP contribution in [0, 0.1) is 12.7 Å². The maximum Gasteiger partial charge on any atom is 0.252 e. The van der Waals surface area contributed by atoms with E-state index in [0.717, 1.165) is 52.7 Å². The van der Waals surface area contributed by atoms with Gasteiger partial charge in [-0.05, 0) is 77.9 Å². The van der Waals surface area contributed by atoms with Crippen molar-refractivity contribution in [3.05, 3.63) is 87.2 Å². The number of tetrazole rings is 1. The molecule has 5 rings (SSSR count). The summed E-state index contributed by atoms with van der Waals surface area (Å²) in [4.78, 5) is 18.5. The zero-order valence-corrected chi connectivity index (χ0v) is 20.2. The SMILES string of the molecule is CC[C@@H](c1nnnn1Cc1ccc(F)cc1)N(Cc1cc2cc(C)ccc2[nH]c1=O)C1CCCC1. The molecule has 0 amide bonds. The molecule has 1 aliphatic carbocycles. The number of hydrogen-bond donors (Lipinski definition) is 1. The summed E-state index contributed by atoms with van der Waals surface area (Å²) in [7, 11) is 0. The van der Waals surface area contributed by atoms with Gasteiger partial charge in [0.05, 0.1) is 12.6 Å². The molecule has 4 aromatic rings. The van der Waals surface area contributed by atoms with Gasteiger partial charge in [0, 0.05) is 23.7 Å². The van der Waals surface area contributed by atoms with Gasteiger partial charge in [0.15, 0.2) is 5.82 Å². The first-order chi connectivity index (χ1) is 17.0. The van der Waals surface area contributed by atoms with Crippen molar-refractivity contribution in [1.82, 2.24) is 30.1 Å². The number of aromatic nitrogens is 5. The van der Waals surface area contributed by atoms with Gasteiger partial charge in [-0.25, -0.2) is 9.07 Å². The molecule has 182 valence electrons. The molecule has 7 nitrogen and oxygen atoms in total. The molecule has 35 heavy (non-hydrogen) atoms. The first-order valence-corrected chi connectivity index (χ1v) is 12.4. The zero-order chi connectivity index (χ0) is 24.4. The quantitative estimate of drug-likeness (QED) is 0.393. The van der Waals surface area contributed by atoms with Crippen LogP contribution in [0.5, 0.6) is 0 Å². The van der Waals surface area contributed by atoms with E-state index in [-0.39, 0.29) is 17.4 Å². The van der Waals surface area contributed by atoms with Crippen molar-refractivity contribution in [1.29, 1.82) is 0 Å². The van der Waals surface area contributed by atoms with Crippen LogP contribution in [-0.4, -0.2) is 36.1 Å². The van der Waals surface area contributed by atoms with Gasteiger partial charge in [0.25, 0.3) is 5.56 Å². The number of nitrogens with one attached hydrogen (secondary N) is 1. The van der Waals surface area contributed by atoms with Crippen LogP contribution in [0.3, 0.4) is 0 Å². The largest absolute Gasteiger partial charge is 0.322 e. The number of nitrogens with zero attached hydrogens (tertiary/aromatic N) is 5. The maximum absolute atomic E-state index is 13.4. The minimum absolute atomic E-state index is 0.0406. The number of aromatic amines is 1. The average molecular weight is 475 g/mol. The van der Waals surface area contributed by atoms with Crippen LogP contribution in [0.1, 0.15) is 67.6 Å². The van der Waals surface area contributed by atoms with Crippen molar-refractivity contribution in [2.75, 3.05) is 0 Å². The van der Waals surface area contributed by atoms with Crippen molar-refractivity contribution in [2.45, 2.75) is 71.1 Å². The van der Waals surface area contributed by atoms with Gasteiger partial charge in [0.2, 0.25) is 0 Å². The van der Waals surface area contributed by atoms with Crippen molar-refractivity contribution >= 4 is 10.9 Å². The second-order valence-corrected chi connectivity index (χ2v) is 9.57. The molecule has 1 fully saturated rings. The summed E-state index contributed by atoms with van der Waals surface area (Å²) in [6.07, 6.45) is 5.38. The molecule has 1 aliphatic rings. The van der Waals surface area contributed by atoms with E-state index in [1.165, 1.54) is 25.0 Å². The molecular formula is C27H31FN6O. The fraction of sp³-hybridized carbons (Fsp3) is 0.407. The number of pyridine rings is 1. The molecule has 2 aromatic heterocycles. The fourth-order valence-electron chi connectivity index (χ4n) is 5.31. The van der Waals surface area contributed by atoms with Gasteiger partial charge >= 0.3 is 0 Å². The Balaban J connectivity index is 1.49.